The number of carboxylic acids is 1. The van der Waals surface area contributed by atoms with Crippen molar-refractivity contribution in [3.05, 3.63) is 16.5 Å². The summed E-state index contributed by atoms with van der Waals surface area (Å²) >= 11 is 7.36. The van der Waals surface area contributed by atoms with Gasteiger partial charge in [0.25, 0.3) is 0 Å². The first kappa shape index (κ1) is 24.3. The summed E-state index contributed by atoms with van der Waals surface area (Å²) in [5, 5.41) is 11.3. The molecule has 0 atom stereocenters. The molecule has 0 amide bonds. The third-order valence-electron chi connectivity index (χ3n) is 4.36. The van der Waals surface area contributed by atoms with Gasteiger partial charge in [-0.3, -0.25) is 0 Å². The Morgan fingerprint density at radius 2 is 2.00 bits per heavy atom. The molecule has 0 saturated carbocycles. The van der Waals surface area contributed by atoms with Gasteiger partial charge in [0.05, 0.1) is 21.3 Å². The standard InChI is InChI=1S/C18H23ClN4O4S.Na/c1-4-26-11-7-9-23(10-8-11)16-20-14(12-5-6-13(19)28-12)21-17(22-16)27-18(2,3)15(24)25;/h5-6,11H,4,7-10H2,1-3H3,(H,24,25);/q;+1/p-1. The van der Waals surface area contributed by atoms with Crippen LogP contribution in [-0.2, 0) is 9.53 Å². The number of carbonyl (C=O) groups is 1. The second-order valence-corrected chi connectivity index (χ2v) is 8.60. The van der Waals surface area contributed by atoms with Gasteiger partial charge in [0.1, 0.15) is 5.60 Å². The average Bonchev–Trinajstić information content (AvgIpc) is 3.08. The topological polar surface area (TPSA) is 100 Å². The van der Waals surface area contributed by atoms with E-state index in [1.165, 1.54) is 25.2 Å². The molecule has 0 bridgehead atoms. The van der Waals surface area contributed by atoms with Gasteiger partial charge in [0.2, 0.25) is 5.95 Å². The van der Waals surface area contributed by atoms with Crippen LogP contribution in [0.5, 0.6) is 6.01 Å². The predicted octanol–water partition coefficient (Wildman–Crippen LogP) is -0.830. The second-order valence-electron chi connectivity index (χ2n) is 6.89. The number of thiophene rings is 1. The van der Waals surface area contributed by atoms with Crippen molar-refractivity contribution in [2.75, 3.05) is 24.6 Å². The number of aliphatic carboxylic acids is 1. The number of hydrogen-bond donors (Lipinski definition) is 0. The van der Waals surface area contributed by atoms with Crippen LogP contribution >= 0.6 is 22.9 Å². The van der Waals surface area contributed by atoms with Gasteiger partial charge in [-0.1, -0.05) is 11.6 Å². The van der Waals surface area contributed by atoms with Gasteiger partial charge in [0.15, 0.2) is 5.82 Å². The number of rotatable bonds is 7. The molecule has 1 aliphatic heterocycles. The molecular weight excluding hydrogens is 427 g/mol. The maximum absolute atomic E-state index is 11.3. The summed E-state index contributed by atoms with van der Waals surface area (Å²) in [7, 11) is 0. The molecule has 11 heteroatoms. The van der Waals surface area contributed by atoms with E-state index in [0.717, 1.165) is 30.8 Å². The first-order valence-electron chi connectivity index (χ1n) is 9.07. The number of hydrogen-bond acceptors (Lipinski definition) is 9. The normalized spacial score (nSPS) is 15.1. The van der Waals surface area contributed by atoms with Crippen molar-refractivity contribution < 1.29 is 48.9 Å². The predicted molar refractivity (Wildman–Crippen MR) is 105 cm³/mol. The molecule has 29 heavy (non-hydrogen) atoms. The van der Waals surface area contributed by atoms with Crippen LogP contribution in [0.2, 0.25) is 4.34 Å². The number of nitrogens with zero attached hydrogens (tertiary/aromatic N) is 4. The molecule has 2 aromatic rings. The summed E-state index contributed by atoms with van der Waals surface area (Å²) in [6, 6.07) is 3.50. The van der Waals surface area contributed by atoms with E-state index in [9.17, 15) is 9.90 Å². The fraction of sp³-hybridized carbons (Fsp3) is 0.556. The van der Waals surface area contributed by atoms with E-state index in [4.69, 9.17) is 21.1 Å². The quantitative estimate of drug-likeness (QED) is 0.506. The Morgan fingerprint density at radius 1 is 1.31 bits per heavy atom. The number of ether oxygens (including phenoxy) is 2. The zero-order valence-electron chi connectivity index (χ0n) is 17.0. The summed E-state index contributed by atoms with van der Waals surface area (Å²) in [5.41, 5.74) is -1.58. The van der Waals surface area contributed by atoms with Crippen molar-refractivity contribution in [1.82, 2.24) is 15.0 Å². The number of aromatic nitrogens is 3. The minimum atomic E-state index is -1.58. The molecule has 1 saturated heterocycles. The van der Waals surface area contributed by atoms with Gasteiger partial charge < -0.3 is 24.3 Å². The fourth-order valence-corrected chi connectivity index (χ4v) is 3.78. The smallest absolute Gasteiger partial charge is 0.546 e. The van der Waals surface area contributed by atoms with Crippen LogP contribution < -0.4 is 44.3 Å². The van der Waals surface area contributed by atoms with Gasteiger partial charge in [-0.25, -0.2) is 0 Å². The molecule has 1 aliphatic rings. The molecule has 8 nitrogen and oxygen atoms in total. The first-order valence-corrected chi connectivity index (χ1v) is 10.3. The van der Waals surface area contributed by atoms with E-state index in [1.807, 2.05) is 11.8 Å². The summed E-state index contributed by atoms with van der Waals surface area (Å²) in [4.78, 5) is 27.3. The Labute approximate surface area is 200 Å². The third kappa shape index (κ3) is 6.26. The van der Waals surface area contributed by atoms with Crippen molar-refractivity contribution in [2.24, 2.45) is 0 Å². The SMILES string of the molecule is CCOC1CCN(c2nc(OC(C)(C)C(=O)[O-])nc(-c3ccc(Cl)s3)n2)CC1.[Na+]. The second kappa shape index (κ2) is 10.4. The maximum atomic E-state index is 11.3. The average molecular weight is 449 g/mol. The molecular formula is C18H22ClN4NaO4S. The van der Waals surface area contributed by atoms with E-state index in [2.05, 4.69) is 15.0 Å². The molecule has 152 valence electrons. The van der Waals surface area contributed by atoms with E-state index < -0.39 is 11.6 Å². The molecule has 0 unspecified atom stereocenters. The van der Waals surface area contributed by atoms with E-state index in [0.29, 0.717) is 22.7 Å². The molecule has 3 rings (SSSR count). The molecule has 0 radical (unpaired) electrons. The molecule has 1 fully saturated rings. The van der Waals surface area contributed by atoms with Gasteiger partial charge in [-0.2, -0.15) is 15.0 Å². The van der Waals surface area contributed by atoms with Gasteiger partial charge in [-0.15, -0.1) is 11.3 Å². The van der Waals surface area contributed by atoms with Crippen LogP contribution in [0.3, 0.4) is 0 Å². The zero-order valence-corrected chi connectivity index (χ0v) is 20.5. The fourth-order valence-electron chi connectivity index (χ4n) is 2.81. The monoisotopic (exact) mass is 448 g/mol. The van der Waals surface area contributed by atoms with Gasteiger partial charge >= 0.3 is 35.6 Å². The Kier molecular flexibility index (Phi) is 8.69. The van der Waals surface area contributed by atoms with Crippen LogP contribution in [-0.4, -0.2) is 52.3 Å². The van der Waals surface area contributed by atoms with Crippen LogP contribution in [0.15, 0.2) is 12.1 Å². The van der Waals surface area contributed by atoms with Crippen molar-refractivity contribution in [3.8, 4) is 16.7 Å². The minimum Gasteiger partial charge on any atom is -0.546 e. The number of carbonyl (C=O) groups excluding carboxylic acids is 1. The third-order valence-corrected chi connectivity index (χ3v) is 5.59. The van der Waals surface area contributed by atoms with Crippen molar-refractivity contribution in [3.63, 3.8) is 0 Å². The molecule has 3 heterocycles. The Balaban J connectivity index is 0.00000300. The zero-order chi connectivity index (χ0) is 20.3. The number of halogens is 1. The molecule has 0 aliphatic carbocycles. The molecule has 2 aromatic heterocycles. The number of carboxylic acid groups (broad SMARTS) is 1. The van der Waals surface area contributed by atoms with Crippen LogP contribution in [0.1, 0.15) is 33.6 Å². The maximum Gasteiger partial charge on any atom is 1.00 e. The van der Waals surface area contributed by atoms with Gasteiger partial charge in [0, 0.05) is 19.7 Å². The van der Waals surface area contributed by atoms with Crippen molar-refractivity contribution in [2.45, 2.75) is 45.3 Å². The number of anilines is 1. The van der Waals surface area contributed by atoms with Crippen molar-refractivity contribution >= 4 is 34.9 Å². The van der Waals surface area contributed by atoms with Crippen molar-refractivity contribution in [1.29, 1.82) is 0 Å². The Hall–Kier alpha value is -0.970. The van der Waals surface area contributed by atoms with Crippen LogP contribution in [0.4, 0.5) is 5.95 Å². The van der Waals surface area contributed by atoms with E-state index >= 15 is 0 Å². The minimum absolute atomic E-state index is 0. The largest absolute Gasteiger partial charge is 1.00 e. The summed E-state index contributed by atoms with van der Waals surface area (Å²) in [6.45, 7) is 6.91. The molecule has 0 N–H and O–H groups in total. The van der Waals surface area contributed by atoms with Gasteiger partial charge in [-0.05, 0) is 45.7 Å². The van der Waals surface area contributed by atoms with Crippen LogP contribution in [0, 0.1) is 0 Å². The molecule has 0 aromatic carbocycles. The summed E-state index contributed by atoms with van der Waals surface area (Å²) < 4.78 is 11.8. The number of piperidine rings is 1. The molecule has 0 spiro atoms. The summed E-state index contributed by atoms with van der Waals surface area (Å²) in [5.74, 6) is -0.528. The summed E-state index contributed by atoms with van der Waals surface area (Å²) in [6.07, 6.45) is 1.95. The first-order chi connectivity index (χ1) is 13.3. The Bertz CT molecular complexity index is 843. The van der Waals surface area contributed by atoms with E-state index in [-0.39, 0.29) is 41.7 Å². The van der Waals surface area contributed by atoms with E-state index in [1.54, 1.807) is 12.1 Å². The Morgan fingerprint density at radius 3 is 2.55 bits per heavy atom. The van der Waals surface area contributed by atoms with Crippen LogP contribution in [0.25, 0.3) is 10.7 Å².